The average molecular weight is 318 g/mol. The van der Waals surface area contributed by atoms with Crippen molar-refractivity contribution in [1.82, 2.24) is 0 Å². The molecule has 1 saturated carbocycles. The van der Waals surface area contributed by atoms with Gasteiger partial charge in [0.15, 0.2) is 0 Å². The molecule has 1 atom stereocenters. The fraction of sp³-hybridized carbons (Fsp3) is 0.579. The summed E-state index contributed by atoms with van der Waals surface area (Å²) in [6.07, 6.45) is 3.51. The second-order valence-corrected chi connectivity index (χ2v) is 7.41. The predicted octanol–water partition coefficient (Wildman–Crippen LogP) is 3.93. The Morgan fingerprint density at radius 1 is 1.17 bits per heavy atom. The van der Waals surface area contributed by atoms with E-state index in [0.717, 1.165) is 31.2 Å². The Bertz CT molecular complexity index is 550. The van der Waals surface area contributed by atoms with E-state index in [0.29, 0.717) is 0 Å². The van der Waals surface area contributed by atoms with E-state index in [9.17, 15) is 14.7 Å². The molecule has 4 heteroatoms. The molecule has 0 spiro atoms. The molecule has 126 valence electrons. The number of rotatable bonds is 5. The second-order valence-electron chi connectivity index (χ2n) is 7.41. The molecule has 0 bridgehead atoms. The van der Waals surface area contributed by atoms with Gasteiger partial charge in [0.1, 0.15) is 5.60 Å². The number of ether oxygens (including phenoxy) is 1. The van der Waals surface area contributed by atoms with E-state index < -0.39 is 28.9 Å². The van der Waals surface area contributed by atoms with E-state index in [1.807, 2.05) is 30.3 Å². The molecule has 1 aromatic rings. The molecule has 0 radical (unpaired) electrons. The molecule has 1 aliphatic carbocycles. The Kier molecular flexibility index (Phi) is 5.12. The van der Waals surface area contributed by atoms with Crippen molar-refractivity contribution in [3.8, 4) is 0 Å². The van der Waals surface area contributed by atoms with Gasteiger partial charge in [0.25, 0.3) is 0 Å². The van der Waals surface area contributed by atoms with Crippen LogP contribution < -0.4 is 0 Å². The smallest absolute Gasteiger partial charge is 0.307 e. The third-order valence-corrected chi connectivity index (χ3v) is 4.60. The summed E-state index contributed by atoms with van der Waals surface area (Å²) in [6, 6.07) is 9.76. The Labute approximate surface area is 137 Å². The molecule has 1 aromatic carbocycles. The molecule has 1 unspecified atom stereocenters. The number of hydrogen-bond donors (Lipinski definition) is 1. The molecule has 1 N–H and O–H groups in total. The first-order valence-corrected chi connectivity index (χ1v) is 8.25. The van der Waals surface area contributed by atoms with Crippen LogP contribution in [0.25, 0.3) is 0 Å². The molecule has 0 aliphatic heterocycles. The van der Waals surface area contributed by atoms with Crippen LogP contribution in [0.5, 0.6) is 0 Å². The Morgan fingerprint density at radius 2 is 1.74 bits per heavy atom. The zero-order chi connectivity index (χ0) is 17.1. The molecule has 0 amide bonds. The largest absolute Gasteiger partial charge is 0.481 e. The number of esters is 1. The van der Waals surface area contributed by atoms with E-state index in [2.05, 4.69) is 0 Å². The van der Waals surface area contributed by atoms with Crippen LogP contribution in [-0.2, 0) is 19.7 Å². The van der Waals surface area contributed by atoms with E-state index in [1.165, 1.54) is 0 Å². The highest BCUT2D eigenvalue weighted by molar-refractivity contribution is 5.80. The number of carboxylic acid groups (broad SMARTS) is 1. The lowest BCUT2D eigenvalue weighted by atomic mass is 9.67. The number of hydrogen-bond acceptors (Lipinski definition) is 3. The SMILES string of the molecule is CC(C)(C)OC(=O)CC(C(=O)O)C1(c2ccccc2)CCCC1. The van der Waals surface area contributed by atoms with Gasteiger partial charge in [-0.1, -0.05) is 43.2 Å². The van der Waals surface area contributed by atoms with Gasteiger partial charge in [0, 0.05) is 5.41 Å². The van der Waals surface area contributed by atoms with Crippen molar-refractivity contribution in [2.75, 3.05) is 0 Å². The van der Waals surface area contributed by atoms with Crippen LogP contribution in [-0.4, -0.2) is 22.6 Å². The molecule has 23 heavy (non-hydrogen) atoms. The lowest BCUT2D eigenvalue weighted by Gasteiger charge is -2.36. The summed E-state index contributed by atoms with van der Waals surface area (Å²) in [4.78, 5) is 24.2. The number of carbonyl (C=O) groups excluding carboxylic acids is 1. The maximum atomic E-state index is 12.2. The average Bonchev–Trinajstić information content (AvgIpc) is 2.94. The van der Waals surface area contributed by atoms with Crippen molar-refractivity contribution in [2.45, 2.75) is 63.9 Å². The highest BCUT2D eigenvalue weighted by atomic mass is 16.6. The molecular weight excluding hydrogens is 292 g/mol. The predicted molar refractivity (Wildman–Crippen MR) is 88.2 cm³/mol. The summed E-state index contributed by atoms with van der Waals surface area (Å²) >= 11 is 0. The van der Waals surface area contributed by atoms with Crippen LogP contribution in [0.15, 0.2) is 30.3 Å². The first kappa shape index (κ1) is 17.5. The summed E-state index contributed by atoms with van der Waals surface area (Å²) in [5.41, 5.74) is -0.0480. The number of aliphatic carboxylic acids is 1. The minimum absolute atomic E-state index is 0.0818. The van der Waals surface area contributed by atoms with Crippen LogP contribution in [0.2, 0.25) is 0 Å². The first-order chi connectivity index (χ1) is 10.7. The highest BCUT2D eigenvalue weighted by Gasteiger charge is 2.47. The van der Waals surface area contributed by atoms with Gasteiger partial charge in [0.2, 0.25) is 0 Å². The Balaban J connectivity index is 2.30. The van der Waals surface area contributed by atoms with Crippen molar-refractivity contribution in [3.05, 3.63) is 35.9 Å². The van der Waals surface area contributed by atoms with Gasteiger partial charge in [-0.05, 0) is 39.2 Å². The Hall–Kier alpha value is -1.84. The third-order valence-electron chi connectivity index (χ3n) is 4.60. The minimum atomic E-state index is -0.915. The Morgan fingerprint density at radius 3 is 2.22 bits per heavy atom. The summed E-state index contributed by atoms with van der Waals surface area (Å²) in [5.74, 6) is -2.10. The number of carbonyl (C=O) groups is 2. The van der Waals surface area contributed by atoms with Gasteiger partial charge >= 0.3 is 11.9 Å². The van der Waals surface area contributed by atoms with Crippen LogP contribution in [0.3, 0.4) is 0 Å². The number of benzene rings is 1. The van der Waals surface area contributed by atoms with Gasteiger partial charge < -0.3 is 9.84 Å². The minimum Gasteiger partial charge on any atom is -0.481 e. The summed E-state index contributed by atoms with van der Waals surface area (Å²) in [6.45, 7) is 5.38. The molecule has 1 aliphatic rings. The van der Waals surface area contributed by atoms with E-state index in [4.69, 9.17) is 4.74 Å². The van der Waals surface area contributed by atoms with E-state index in [-0.39, 0.29) is 6.42 Å². The highest BCUT2D eigenvalue weighted by Crippen LogP contribution is 2.48. The number of carboxylic acids is 1. The summed E-state index contributed by atoms with van der Waals surface area (Å²) in [5, 5.41) is 9.80. The van der Waals surface area contributed by atoms with Crippen molar-refractivity contribution in [2.24, 2.45) is 5.92 Å². The van der Waals surface area contributed by atoms with Gasteiger partial charge in [-0.15, -0.1) is 0 Å². The summed E-state index contributed by atoms with van der Waals surface area (Å²) in [7, 11) is 0. The van der Waals surface area contributed by atoms with Crippen molar-refractivity contribution < 1.29 is 19.4 Å². The second kappa shape index (κ2) is 6.73. The van der Waals surface area contributed by atoms with Gasteiger partial charge in [-0.25, -0.2) is 0 Å². The third kappa shape index (κ3) is 4.12. The zero-order valence-electron chi connectivity index (χ0n) is 14.2. The van der Waals surface area contributed by atoms with Crippen molar-refractivity contribution >= 4 is 11.9 Å². The van der Waals surface area contributed by atoms with E-state index >= 15 is 0 Å². The maximum absolute atomic E-state index is 12.2. The van der Waals surface area contributed by atoms with Crippen molar-refractivity contribution in [1.29, 1.82) is 0 Å². The molecule has 1 fully saturated rings. The van der Waals surface area contributed by atoms with E-state index in [1.54, 1.807) is 20.8 Å². The fourth-order valence-electron chi connectivity index (χ4n) is 3.68. The van der Waals surface area contributed by atoms with Crippen LogP contribution in [0.1, 0.15) is 58.4 Å². The molecule has 0 aromatic heterocycles. The monoisotopic (exact) mass is 318 g/mol. The van der Waals surface area contributed by atoms with Gasteiger partial charge in [-0.2, -0.15) is 0 Å². The maximum Gasteiger partial charge on any atom is 0.307 e. The molecular formula is C19H26O4. The van der Waals surface area contributed by atoms with Crippen molar-refractivity contribution in [3.63, 3.8) is 0 Å². The lowest BCUT2D eigenvalue weighted by Crippen LogP contribution is -2.40. The fourth-order valence-corrected chi connectivity index (χ4v) is 3.68. The zero-order valence-corrected chi connectivity index (χ0v) is 14.2. The summed E-state index contributed by atoms with van der Waals surface area (Å²) < 4.78 is 5.36. The normalized spacial score (nSPS) is 18.4. The molecule has 4 nitrogen and oxygen atoms in total. The first-order valence-electron chi connectivity index (χ1n) is 8.25. The topological polar surface area (TPSA) is 63.6 Å². The molecule has 0 heterocycles. The van der Waals surface area contributed by atoms with Crippen LogP contribution in [0.4, 0.5) is 0 Å². The standard InChI is InChI=1S/C19H26O4/c1-18(2,3)23-16(20)13-15(17(21)22)19(11-7-8-12-19)14-9-5-4-6-10-14/h4-6,9-10,15H,7-8,11-13H2,1-3H3,(H,21,22). The lowest BCUT2D eigenvalue weighted by molar-refractivity contribution is -0.161. The van der Waals surface area contributed by atoms with Gasteiger partial charge in [0.05, 0.1) is 12.3 Å². The molecule has 0 saturated heterocycles. The van der Waals surface area contributed by atoms with Gasteiger partial charge in [-0.3, -0.25) is 9.59 Å². The van der Waals surface area contributed by atoms with Crippen LogP contribution in [0, 0.1) is 5.92 Å². The van der Waals surface area contributed by atoms with Crippen LogP contribution >= 0.6 is 0 Å². The molecule has 2 rings (SSSR count). The quantitative estimate of drug-likeness (QED) is 0.835.